The van der Waals surface area contributed by atoms with Gasteiger partial charge in [0, 0.05) is 25.7 Å². The number of piperazine rings is 1. The molecule has 1 heterocycles. The molecule has 0 saturated carbocycles. The number of rotatable bonds is 3. The molecule has 0 aliphatic carbocycles. The molecule has 1 fully saturated rings. The maximum Gasteiger partial charge on any atom is 0.148 e. The molecule has 0 radical (unpaired) electrons. The number of anilines is 1. The third-order valence-corrected chi connectivity index (χ3v) is 3.57. The summed E-state index contributed by atoms with van der Waals surface area (Å²) in [5, 5.41) is 3.98. The first-order chi connectivity index (χ1) is 8.58. The van der Waals surface area contributed by atoms with Crippen LogP contribution in [-0.2, 0) is 0 Å². The standard InChI is InChI=1S/C14H20ClFN2/c1-10(2)8-11-9-18(7-6-17-11)14-12(15)4-3-5-13(14)16/h3-5,10-11,17H,6-9H2,1-2H3. The number of benzene rings is 1. The summed E-state index contributed by atoms with van der Waals surface area (Å²) in [7, 11) is 0. The van der Waals surface area contributed by atoms with Crippen molar-refractivity contribution in [1.82, 2.24) is 5.32 Å². The fourth-order valence-corrected chi connectivity index (χ4v) is 2.83. The molecule has 100 valence electrons. The average molecular weight is 271 g/mol. The van der Waals surface area contributed by atoms with Crippen LogP contribution in [0.25, 0.3) is 0 Å². The van der Waals surface area contributed by atoms with Crippen LogP contribution in [0.15, 0.2) is 18.2 Å². The molecule has 0 bridgehead atoms. The van der Waals surface area contributed by atoms with Crippen molar-refractivity contribution in [2.24, 2.45) is 5.92 Å². The molecular formula is C14H20ClFN2. The fourth-order valence-electron chi connectivity index (χ4n) is 2.55. The zero-order valence-corrected chi connectivity index (χ0v) is 11.7. The fraction of sp³-hybridized carbons (Fsp3) is 0.571. The van der Waals surface area contributed by atoms with Gasteiger partial charge in [0.1, 0.15) is 5.82 Å². The molecule has 0 amide bonds. The molecule has 1 aliphatic rings. The molecule has 0 aromatic heterocycles. The predicted molar refractivity (Wildman–Crippen MR) is 74.9 cm³/mol. The first-order valence-electron chi connectivity index (χ1n) is 6.50. The van der Waals surface area contributed by atoms with Crippen molar-refractivity contribution in [3.63, 3.8) is 0 Å². The Hall–Kier alpha value is -0.800. The third kappa shape index (κ3) is 3.15. The second-order valence-corrected chi connectivity index (χ2v) is 5.70. The summed E-state index contributed by atoms with van der Waals surface area (Å²) < 4.78 is 13.9. The maximum absolute atomic E-state index is 13.9. The highest BCUT2D eigenvalue weighted by molar-refractivity contribution is 6.33. The number of hydrogen-bond donors (Lipinski definition) is 1. The van der Waals surface area contributed by atoms with E-state index in [-0.39, 0.29) is 5.82 Å². The van der Waals surface area contributed by atoms with Gasteiger partial charge in [0.05, 0.1) is 10.7 Å². The van der Waals surface area contributed by atoms with Gasteiger partial charge in [0.25, 0.3) is 0 Å². The minimum absolute atomic E-state index is 0.229. The molecule has 2 nitrogen and oxygen atoms in total. The summed E-state index contributed by atoms with van der Waals surface area (Å²) in [4.78, 5) is 2.06. The van der Waals surface area contributed by atoms with Gasteiger partial charge in [-0.15, -0.1) is 0 Å². The lowest BCUT2D eigenvalue weighted by molar-refractivity contribution is 0.386. The van der Waals surface area contributed by atoms with Gasteiger partial charge in [0.2, 0.25) is 0 Å². The lowest BCUT2D eigenvalue weighted by Gasteiger charge is -2.36. The van der Waals surface area contributed by atoms with Crippen molar-refractivity contribution >= 4 is 17.3 Å². The average Bonchev–Trinajstić information content (AvgIpc) is 2.28. The number of hydrogen-bond acceptors (Lipinski definition) is 2. The Morgan fingerprint density at radius 2 is 2.28 bits per heavy atom. The first kappa shape index (κ1) is 13.6. The van der Waals surface area contributed by atoms with Crippen LogP contribution < -0.4 is 10.2 Å². The Morgan fingerprint density at radius 3 is 2.94 bits per heavy atom. The van der Waals surface area contributed by atoms with Crippen LogP contribution in [0, 0.1) is 11.7 Å². The molecular weight excluding hydrogens is 251 g/mol. The van der Waals surface area contributed by atoms with E-state index in [1.807, 2.05) is 0 Å². The number of nitrogens with one attached hydrogen (secondary N) is 1. The van der Waals surface area contributed by atoms with Crippen LogP contribution in [0.1, 0.15) is 20.3 Å². The van der Waals surface area contributed by atoms with Crippen LogP contribution in [0.4, 0.5) is 10.1 Å². The van der Waals surface area contributed by atoms with Gasteiger partial charge in [0.15, 0.2) is 0 Å². The summed E-state index contributed by atoms with van der Waals surface area (Å²) in [6.45, 7) is 6.91. The Kier molecular flexibility index (Phi) is 4.46. The van der Waals surface area contributed by atoms with Crippen molar-refractivity contribution in [2.75, 3.05) is 24.5 Å². The van der Waals surface area contributed by atoms with E-state index in [1.54, 1.807) is 12.1 Å². The van der Waals surface area contributed by atoms with E-state index in [0.717, 1.165) is 26.1 Å². The zero-order chi connectivity index (χ0) is 13.1. The van der Waals surface area contributed by atoms with Crippen molar-refractivity contribution < 1.29 is 4.39 Å². The normalized spacial score (nSPS) is 20.5. The topological polar surface area (TPSA) is 15.3 Å². The van der Waals surface area contributed by atoms with Crippen molar-refractivity contribution in [3.8, 4) is 0 Å². The minimum atomic E-state index is -0.229. The van der Waals surface area contributed by atoms with Crippen LogP contribution in [-0.4, -0.2) is 25.7 Å². The highest BCUT2D eigenvalue weighted by Gasteiger charge is 2.23. The first-order valence-corrected chi connectivity index (χ1v) is 6.88. The summed E-state index contributed by atoms with van der Waals surface area (Å²) in [5.74, 6) is 0.409. The SMILES string of the molecule is CC(C)CC1CN(c2c(F)cccc2Cl)CCN1. The van der Waals surface area contributed by atoms with Crippen molar-refractivity contribution in [1.29, 1.82) is 0 Å². The molecule has 1 atom stereocenters. The highest BCUT2D eigenvalue weighted by atomic mass is 35.5. The van der Waals surface area contributed by atoms with Crippen molar-refractivity contribution in [2.45, 2.75) is 26.3 Å². The van der Waals surface area contributed by atoms with Gasteiger partial charge in [-0.25, -0.2) is 4.39 Å². The van der Waals surface area contributed by atoms with Gasteiger partial charge in [-0.2, -0.15) is 0 Å². The van der Waals surface area contributed by atoms with Crippen LogP contribution >= 0.6 is 11.6 Å². The summed E-state index contributed by atoms with van der Waals surface area (Å²) in [6.07, 6.45) is 1.10. The van der Waals surface area contributed by atoms with E-state index in [4.69, 9.17) is 11.6 Å². The van der Waals surface area contributed by atoms with Crippen LogP contribution in [0.2, 0.25) is 5.02 Å². The molecule has 1 saturated heterocycles. The smallest absolute Gasteiger partial charge is 0.148 e. The molecule has 1 aliphatic heterocycles. The lowest BCUT2D eigenvalue weighted by atomic mass is 10.0. The second kappa shape index (κ2) is 5.89. The molecule has 1 aromatic rings. The van der Waals surface area contributed by atoms with E-state index >= 15 is 0 Å². The molecule has 4 heteroatoms. The van der Waals surface area contributed by atoms with Crippen LogP contribution in [0.3, 0.4) is 0 Å². The Bertz CT molecular complexity index is 389. The highest BCUT2D eigenvalue weighted by Crippen LogP contribution is 2.29. The van der Waals surface area contributed by atoms with E-state index < -0.39 is 0 Å². The van der Waals surface area contributed by atoms with Crippen LogP contribution in [0.5, 0.6) is 0 Å². The molecule has 18 heavy (non-hydrogen) atoms. The number of para-hydroxylation sites is 1. The maximum atomic E-state index is 13.9. The van der Waals surface area contributed by atoms with Gasteiger partial charge in [-0.1, -0.05) is 31.5 Å². The molecule has 2 rings (SSSR count). The van der Waals surface area contributed by atoms with E-state index in [0.29, 0.717) is 22.7 Å². The van der Waals surface area contributed by atoms with Gasteiger partial charge in [-0.3, -0.25) is 0 Å². The second-order valence-electron chi connectivity index (χ2n) is 5.30. The van der Waals surface area contributed by atoms with E-state index in [1.165, 1.54) is 6.07 Å². The van der Waals surface area contributed by atoms with E-state index in [9.17, 15) is 4.39 Å². The summed E-state index contributed by atoms with van der Waals surface area (Å²) in [5.41, 5.74) is 0.550. The Labute approximate surface area is 113 Å². The largest absolute Gasteiger partial charge is 0.365 e. The molecule has 1 aromatic carbocycles. The quantitative estimate of drug-likeness (QED) is 0.907. The van der Waals surface area contributed by atoms with Gasteiger partial charge >= 0.3 is 0 Å². The van der Waals surface area contributed by atoms with Gasteiger partial charge in [-0.05, 0) is 24.5 Å². The molecule has 1 unspecified atom stereocenters. The Balaban J connectivity index is 2.13. The summed E-state index contributed by atoms with van der Waals surface area (Å²) in [6, 6.07) is 5.28. The molecule has 0 spiro atoms. The third-order valence-electron chi connectivity index (χ3n) is 3.27. The number of halogens is 2. The minimum Gasteiger partial charge on any atom is -0.365 e. The number of nitrogens with zero attached hydrogens (tertiary/aromatic N) is 1. The monoisotopic (exact) mass is 270 g/mol. The van der Waals surface area contributed by atoms with Gasteiger partial charge < -0.3 is 10.2 Å². The lowest BCUT2D eigenvalue weighted by Crippen LogP contribution is -2.51. The summed E-state index contributed by atoms with van der Waals surface area (Å²) >= 11 is 6.11. The van der Waals surface area contributed by atoms with E-state index in [2.05, 4.69) is 24.1 Å². The van der Waals surface area contributed by atoms with Crippen molar-refractivity contribution in [3.05, 3.63) is 29.0 Å². The Morgan fingerprint density at radius 1 is 1.50 bits per heavy atom. The zero-order valence-electron chi connectivity index (χ0n) is 10.9. The molecule has 1 N–H and O–H groups in total. The predicted octanol–water partition coefficient (Wildman–Crippen LogP) is 3.30.